The molecule has 0 radical (unpaired) electrons. The smallest absolute Gasteiger partial charge is 0.200 e. The van der Waals surface area contributed by atoms with Crippen molar-refractivity contribution in [2.75, 3.05) is 0 Å². The van der Waals surface area contributed by atoms with Crippen LogP contribution in [0.5, 0.6) is 0 Å². The number of halogens is 5. The zero-order valence-electron chi connectivity index (χ0n) is 8.90. The Labute approximate surface area is 93.7 Å². The molecule has 7 heteroatoms. The molecule has 1 aromatic carbocycles. The first-order valence-electron chi connectivity index (χ1n) is 4.56. The van der Waals surface area contributed by atoms with Crippen LogP contribution in [0.1, 0.15) is 19.4 Å². The lowest BCUT2D eigenvalue weighted by molar-refractivity contribution is 0.0872. The van der Waals surface area contributed by atoms with Crippen LogP contribution in [0.3, 0.4) is 0 Å². The second-order valence-electron chi connectivity index (χ2n) is 3.37. The largest absolute Gasteiger partial charge is 0.393 e. The van der Waals surface area contributed by atoms with Crippen LogP contribution in [0, 0.1) is 29.1 Å². The minimum Gasteiger partial charge on any atom is -0.393 e. The zero-order chi connectivity index (χ0) is 13.2. The molecule has 0 aliphatic heterocycles. The van der Waals surface area contributed by atoms with Crippen molar-refractivity contribution in [3.8, 4) is 0 Å². The van der Waals surface area contributed by atoms with Crippen LogP contribution in [0.15, 0.2) is 5.16 Å². The van der Waals surface area contributed by atoms with Crippen LogP contribution in [-0.2, 0) is 4.84 Å². The Morgan fingerprint density at radius 3 is 1.71 bits per heavy atom. The van der Waals surface area contributed by atoms with Crippen molar-refractivity contribution in [3.05, 3.63) is 34.6 Å². The first-order valence-corrected chi connectivity index (χ1v) is 4.56. The van der Waals surface area contributed by atoms with Crippen molar-refractivity contribution >= 4 is 6.21 Å². The highest BCUT2D eigenvalue weighted by atomic mass is 19.2. The fraction of sp³-hybridized carbons (Fsp3) is 0.300. The van der Waals surface area contributed by atoms with Gasteiger partial charge in [0.15, 0.2) is 23.3 Å². The van der Waals surface area contributed by atoms with E-state index >= 15 is 0 Å². The molecule has 0 aromatic heterocycles. The number of benzene rings is 1. The lowest BCUT2D eigenvalue weighted by Crippen LogP contribution is -2.07. The van der Waals surface area contributed by atoms with E-state index in [9.17, 15) is 22.0 Å². The Bertz CT molecular complexity index is 429. The van der Waals surface area contributed by atoms with Crippen molar-refractivity contribution in [1.82, 2.24) is 0 Å². The fourth-order valence-corrected chi connectivity index (χ4v) is 0.940. The lowest BCUT2D eigenvalue weighted by atomic mass is 10.2. The van der Waals surface area contributed by atoms with E-state index in [2.05, 4.69) is 9.99 Å². The fourth-order valence-electron chi connectivity index (χ4n) is 0.940. The molecule has 0 amide bonds. The van der Waals surface area contributed by atoms with Gasteiger partial charge in [-0.1, -0.05) is 5.16 Å². The molecule has 0 bridgehead atoms. The van der Waals surface area contributed by atoms with E-state index in [4.69, 9.17) is 0 Å². The van der Waals surface area contributed by atoms with Crippen molar-refractivity contribution in [1.29, 1.82) is 0 Å². The molecule has 1 aromatic rings. The predicted octanol–water partition coefficient (Wildman–Crippen LogP) is 3.14. The number of nitrogens with zero attached hydrogens (tertiary/aromatic N) is 1. The van der Waals surface area contributed by atoms with E-state index in [-0.39, 0.29) is 6.10 Å². The van der Waals surface area contributed by atoms with E-state index in [0.717, 1.165) is 0 Å². The number of oxime groups is 1. The van der Waals surface area contributed by atoms with E-state index in [1.54, 1.807) is 13.8 Å². The van der Waals surface area contributed by atoms with Crippen molar-refractivity contribution in [2.24, 2.45) is 5.16 Å². The van der Waals surface area contributed by atoms with Gasteiger partial charge >= 0.3 is 0 Å². The standard InChI is InChI=1S/C10H8F5NO/c1-4(2)17-16-3-5-6(11)8(13)10(15)9(14)7(5)12/h3-4H,1-2H3/b16-3+. The number of hydrogen-bond acceptors (Lipinski definition) is 2. The molecule has 0 spiro atoms. The van der Waals surface area contributed by atoms with Crippen LogP contribution < -0.4 is 0 Å². The topological polar surface area (TPSA) is 21.6 Å². The van der Waals surface area contributed by atoms with Gasteiger partial charge in [-0.15, -0.1) is 0 Å². The van der Waals surface area contributed by atoms with E-state index < -0.39 is 34.6 Å². The maximum atomic E-state index is 13.1. The molecule has 94 valence electrons. The van der Waals surface area contributed by atoms with Crippen LogP contribution in [0.2, 0.25) is 0 Å². The first kappa shape index (κ1) is 13.4. The average Bonchev–Trinajstić information content (AvgIpc) is 2.28. The SMILES string of the molecule is CC(C)O/N=C/c1c(F)c(F)c(F)c(F)c1F. The first-order chi connectivity index (χ1) is 7.86. The van der Waals surface area contributed by atoms with Crippen molar-refractivity contribution < 1.29 is 26.8 Å². The van der Waals surface area contributed by atoms with Gasteiger partial charge in [0.05, 0.1) is 11.8 Å². The van der Waals surface area contributed by atoms with Gasteiger partial charge in [0.2, 0.25) is 5.82 Å². The minimum absolute atomic E-state index is 0.382. The molecule has 0 aliphatic carbocycles. The molecule has 0 N–H and O–H groups in total. The summed E-state index contributed by atoms with van der Waals surface area (Å²) < 4.78 is 64.2. The summed E-state index contributed by atoms with van der Waals surface area (Å²) in [6.07, 6.45) is 0.0588. The second-order valence-corrected chi connectivity index (χ2v) is 3.37. The Balaban J connectivity index is 3.20. The van der Waals surface area contributed by atoms with Crippen LogP contribution >= 0.6 is 0 Å². The third-order valence-electron chi connectivity index (χ3n) is 1.70. The Morgan fingerprint density at radius 1 is 0.882 bits per heavy atom. The Hall–Kier alpha value is -1.66. The quantitative estimate of drug-likeness (QED) is 0.266. The highest BCUT2D eigenvalue weighted by Crippen LogP contribution is 2.21. The maximum absolute atomic E-state index is 13.1. The second kappa shape index (κ2) is 5.11. The molecule has 0 aliphatic rings. The van der Waals surface area contributed by atoms with E-state index in [1.165, 1.54) is 0 Å². The summed E-state index contributed by atoms with van der Waals surface area (Å²) in [7, 11) is 0. The van der Waals surface area contributed by atoms with Gasteiger partial charge in [-0.3, -0.25) is 0 Å². The van der Waals surface area contributed by atoms with Crippen LogP contribution in [-0.4, -0.2) is 12.3 Å². The summed E-state index contributed by atoms with van der Waals surface area (Å²) in [6, 6.07) is 0. The van der Waals surface area contributed by atoms with Crippen molar-refractivity contribution in [2.45, 2.75) is 20.0 Å². The van der Waals surface area contributed by atoms with Gasteiger partial charge in [-0.2, -0.15) is 0 Å². The molecule has 0 unspecified atom stereocenters. The predicted molar refractivity (Wildman–Crippen MR) is 50.0 cm³/mol. The van der Waals surface area contributed by atoms with E-state index in [1.807, 2.05) is 0 Å². The number of rotatable bonds is 3. The van der Waals surface area contributed by atoms with Gasteiger partial charge in [0, 0.05) is 0 Å². The summed E-state index contributed by atoms with van der Waals surface area (Å²) in [4.78, 5) is 4.56. The zero-order valence-corrected chi connectivity index (χ0v) is 8.90. The summed E-state index contributed by atoms with van der Waals surface area (Å²) >= 11 is 0. The summed E-state index contributed by atoms with van der Waals surface area (Å²) in [5, 5.41) is 3.11. The van der Waals surface area contributed by atoms with Gasteiger partial charge < -0.3 is 4.84 Å². The molecule has 0 fully saturated rings. The lowest BCUT2D eigenvalue weighted by Gasteiger charge is -2.04. The van der Waals surface area contributed by atoms with E-state index in [0.29, 0.717) is 6.21 Å². The summed E-state index contributed by atoms with van der Waals surface area (Å²) in [5.41, 5.74) is -1.14. The molecule has 17 heavy (non-hydrogen) atoms. The molecule has 0 saturated heterocycles. The van der Waals surface area contributed by atoms with Gasteiger partial charge in [0.25, 0.3) is 0 Å². The van der Waals surface area contributed by atoms with Crippen molar-refractivity contribution in [3.63, 3.8) is 0 Å². The molecule has 0 atom stereocenters. The maximum Gasteiger partial charge on any atom is 0.200 e. The normalized spacial score (nSPS) is 11.5. The highest BCUT2D eigenvalue weighted by molar-refractivity contribution is 5.80. The molecule has 0 saturated carbocycles. The van der Waals surface area contributed by atoms with Gasteiger partial charge in [-0.25, -0.2) is 22.0 Å². The molecule has 0 heterocycles. The highest BCUT2D eigenvalue weighted by Gasteiger charge is 2.24. The van der Waals surface area contributed by atoms with Gasteiger partial charge in [0.1, 0.15) is 6.10 Å². The minimum atomic E-state index is -2.21. The van der Waals surface area contributed by atoms with Crippen LogP contribution in [0.4, 0.5) is 22.0 Å². The third kappa shape index (κ3) is 2.72. The molecular formula is C10H8F5NO. The Morgan fingerprint density at radius 2 is 1.29 bits per heavy atom. The van der Waals surface area contributed by atoms with Crippen LogP contribution in [0.25, 0.3) is 0 Å². The number of hydrogen-bond donors (Lipinski definition) is 0. The third-order valence-corrected chi connectivity index (χ3v) is 1.70. The monoisotopic (exact) mass is 253 g/mol. The van der Waals surface area contributed by atoms with Gasteiger partial charge in [-0.05, 0) is 13.8 Å². The summed E-state index contributed by atoms with van der Waals surface area (Å²) in [5.74, 6) is -10.1. The molecule has 2 nitrogen and oxygen atoms in total. The Kier molecular flexibility index (Phi) is 4.03. The summed E-state index contributed by atoms with van der Waals surface area (Å²) in [6.45, 7) is 3.16. The average molecular weight is 253 g/mol. The molecule has 1 rings (SSSR count). The molecular weight excluding hydrogens is 245 g/mol.